The molecule has 2 unspecified atom stereocenters. The molecule has 0 aromatic heterocycles. The maximum absolute atomic E-state index is 5.70. The van der Waals surface area contributed by atoms with Crippen LogP contribution in [0.3, 0.4) is 0 Å². The van der Waals surface area contributed by atoms with Crippen LogP contribution >= 0.6 is 0 Å². The van der Waals surface area contributed by atoms with Gasteiger partial charge >= 0.3 is 0 Å². The number of rotatable bonds is 8. The lowest BCUT2D eigenvalue weighted by atomic mass is 9.64. The molecular weight excluding hydrogens is 202 g/mol. The molecule has 0 aromatic carbocycles. The zero-order valence-electron chi connectivity index (χ0n) is 11.2. The largest absolute Gasteiger partial charge is 0.380 e. The van der Waals surface area contributed by atoms with Gasteiger partial charge in [-0.15, -0.1) is 0 Å². The second-order valence-corrected chi connectivity index (χ2v) is 5.12. The molecular formula is C13H27NO2. The lowest BCUT2D eigenvalue weighted by molar-refractivity contribution is -0.114. The highest BCUT2D eigenvalue weighted by atomic mass is 16.5. The Balaban J connectivity index is 2.11. The molecule has 1 N–H and O–H groups in total. The smallest absolute Gasteiger partial charge is 0.0655 e. The highest BCUT2D eigenvalue weighted by Gasteiger charge is 2.48. The minimum absolute atomic E-state index is 0.265. The molecule has 1 aliphatic rings. The van der Waals surface area contributed by atoms with Crippen LogP contribution in [0.15, 0.2) is 0 Å². The maximum Gasteiger partial charge on any atom is 0.0655 e. The van der Waals surface area contributed by atoms with Gasteiger partial charge in [-0.2, -0.15) is 0 Å². The number of nitrogens with one attached hydrogen (secondary N) is 1. The zero-order chi connectivity index (χ0) is 12.0. The van der Waals surface area contributed by atoms with Gasteiger partial charge in [0.05, 0.1) is 12.7 Å². The number of hydrogen-bond acceptors (Lipinski definition) is 3. The van der Waals surface area contributed by atoms with E-state index in [-0.39, 0.29) is 5.41 Å². The summed E-state index contributed by atoms with van der Waals surface area (Å²) in [5.74, 6) is 0. The van der Waals surface area contributed by atoms with E-state index in [1.165, 1.54) is 0 Å². The van der Waals surface area contributed by atoms with Crippen molar-refractivity contribution < 1.29 is 9.47 Å². The van der Waals surface area contributed by atoms with E-state index in [4.69, 9.17) is 9.47 Å². The van der Waals surface area contributed by atoms with E-state index in [0.29, 0.717) is 12.1 Å². The Morgan fingerprint density at radius 3 is 2.56 bits per heavy atom. The first-order valence-electron chi connectivity index (χ1n) is 6.55. The highest BCUT2D eigenvalue weighted by molar-refractivity contribution is 5.02. The molecule has 0 aromatic rings. The second-order valence-electron chi connectivity index (χ2n) is 5.12. The van der Waals surface area contributed by atoms with Crippen molar-refractivity contribution in [3.05, 3.63) is 0 Å². The van der Waals surface area contributed by atoms with Crippen molar-refractivity contribution >= 4 is 0 Å². The summed E-state index contributed by atoms with van der Waals surface area (Å²) in [4.78, 5) is 0. The van der Waals surface area contributed by atoms with E-state index in [1.807, 2.05) is 0 Å². The molecule has 1 aliphatic carbocycles. The predicted octanol–water partition coefficient (Wildman–Crippen LogP) is 2.21. The Labute approximate surface area is 99.9 Å². The molecule has 16 heavy (non-hydrogen) atoms. The van der Waals surface area contributed by atoms with E-state index in [2.05, 4.69) is 33.0 Å². The number of ether oxygens (including phenoxy) is 2. The van der Waals surface area contributed by atoms with Gasteiger partial charge in [-0.3, -0.25) is 0 Å². The van der Waals surface area contributed by atoms with Gasteiger partial charge in [-0.05, 0) is 19.8 Å². The fourth-order valence-corrected chi connectivity index (χ4v) is 2.27. The summed E-state index contributed by atoms with van der Waals surface area (Å²) >= 11 is 0. The van der Waals surface area contributed by atoms with Crippen LogP contribution in [0.1, 0.15) is 40.5 Å². The molecule has 0 heterocycles. The third-order valence-corrected chi connectivity index (χ3v) is 3.53. The Kier molecular flexibility index (Phi) is 5.73. The van der Waals surface area contributed by atoms with Gasteiger partial charge in [-0.25, -0.2) is 0 Å². The van der Waals surface area contributed by atoms with Crippen molar-refractivity contribution in [2.45, 2.75) is 52.7 Å². The Bertz CT molecular complexity index is 194. The molecule has 0 bridgehead atoms. The van der Waals surface area contributed by atoms with Crippen LogP contribution in [0.25, 0.3) is 0 Å². The lowest BCUT2D eigenvalue weighted by Crippen LogP contribution is -2.61. The van der Waals surface area contributed by atoms with Crippen LogP contribution in [0, 0.1) is 5.41 Å². The third kappa shape index (κ3) is 3.44. The summed E-state index contributed by atoms with van der Waals surface area (Å²) in [6, 6.07) is 0.578. The van der Waals surface area contributed by atoms with Crippen LogP contribution < -0.4 is 5.32 Å². The number of hydrogen-bond donors (Lipinski definition) is 1. The molecule has 0 spiro atoms. The standard InChI is InChI=1S/C13H27NO2/c1-5-8-15-9-7-14-11-10-12(16-6-2)13(11,3)4/h11-12,14H,5-10H2,1-4H3. The average Bonchev–Trinajstić information content (AvgIpc) is 2.26. The van der Waals surface area contributed by atoms with Crippen LogP contribution in [-0.4, -0.2) is 38.5 Å². The first kappa shape index (κ1) is 13.9. The van der Waals surface area contributed by atoms with E-state index < -0.39 is 0 Å². The maximum atomic E-state index is 5.70. The van der Waals surface area contributed by atoms with E-state index in [0.717, 1.165) is 39.2 Å². The van der Waals surface area contributed by atoms with Crippen LogP contribution in [0.4, 0.5) is 0 Å². The molecule has 0 saturated heterocycles. The van der Waals surface area contributed by atoms with E-state index in [9.17, 15) is 0 Å². The van der Waals surface area contributed by atoms with Gasteiger partial charge in [0.15, 0.2) is 0 Å². The fraction of sp³-hybridized carbons (Fsp3) is 1.00. The molecule has 3 heteroatoms. The van der Waals surface area contributed by atoms with Gasteiger partial charge in [0, 0.05) is 31.2 Å². The van der Waals surface area contributed by atoms with Crippen molar-refractivity contribution in [1.82, 2.24) is 5.32 Å². The molecule has 2 atom stereocenters. The van der Waals surface area contributed by atoms with Gasteiger partial charge in [0.2, 0.25) is 0 Å². The average molecular weight is 229 g/mol. The molecule has 0 aliphatic heterocycles. The predicted molar refractivity (Wildman–Crippen MR) is 66.7 cm³/mol. The second kappa shape index (κ2) is 6.58. The van der Waals surface area contributed by atoms with Crippen molar-refractivity contribution in [1.29, 1.82) is 0 Å². The molecule has 1 saturated carbocycles. The summed E-state index contributed by atoms with van der Waals surface area (Å²) in [6.45, 7) is 12.2. The monoisotopic (exact) mass is 229 g/mol. The summed E-state index contributed by atoms with van der Waals surface area (Å²) in [5, 5.41) is 3.55. The summed E-state index contributed by atoms with van der Waals surface area (Å²) in [6.07, 6.45) is 2.65. The molecule has 0 radical (unpaired) electrons. The summed E-state index contributed by atoms with van der Waals surface area (Å²) in [5.41, 5.74) is 0.265. The van der Waals surface area contributed by atoms with Gasteiger partial charge in [0.25, 0.3) is 0 Å². The first-order chi connectivity index (χ1) is 7.62. The minimum Gasteiger partial charge on any atom is -0.380 e. The quantitative estimate of drug-likeness (QED) is 0.647. The van der Waals surface area contributed by atoms with Gasteiger partial charge < -0.3 is 14.8 Å². The Morgan fingerprint density at radius 2 is 2.00 bits per heavy atom. The first-order valence-corrected chi connectivity index (χ1v) is 6.55. The van der Waals surface area contributed by atoms with E-state index in [1.54, 1.807) is 0 Å². The minimum atomic E-state index is 0.265. The van der Waals surface area contributed by atoms with Crippen molar-refractivity contribution in [2.75, 3.05) is 26.4 Å². The molecule has 0 amide bonds. The Morgan fingerprint density at radius 1 is 1.25 bits per heavy atom. The normalized spacial score (nSPS) is 27.8. The summed E-state index contributed by atoms with van der Waals surface area (Å²) < 4.78 is 11.1. The molecule has 1 rings (SSSR count). The van der Waals surface area contributed by atoms with Crippen LogP contribution in [0.2, 0.25) is 0 Å². The highest BCUT2D eigenvalue weighted by Crippen LogP contribution is 2.42. The van der Waals surface area contributed by atoms with Crippen molar-refractivity contribution in [3.8, 4) is 0 Å². The van der Waals surface area contributed by atoms with Gasteiger partial charge in [0.1, 0.15) is 0 Å². The van der Waals surface area contributed by atoms with Crippen molar-refractivity contribution in [2.24, 2.45) is 5.41 Å². The summed E-state index contributed by atoms with van der Waals surface area (Å²) in [7, 11) is 0. The van der Waals surface area contributed by atoms with E-state index >= 15 is 0 Å². The van der Waals surface area contributed by atoms with Crippen LogP contribution in [-0.2, 0) is 9.47 Å². The Hall–Kier alpha value is -0.120. The molecule has 96 valence electrons. The zero-order valence-corrected chi connectivity index (χ0v) is 11.2. The molecule has 1 fully saturated rings. The van der Waals surface area contributed by atoms with Gasteiger partial charge in [-0.1, -0.05) is 20.8 Å². The molecule has 3 nitrogen and oxygen atoms in total. The SMILES string of the molecule is CCCOCCNC1CC(OCC)C1(C)C. The third-order valence-electron chi connectivity index (χ3n) is 3.53. The fourth-order valence-electron chi connectivity index (χ4n) is 2.27. The lowest BCUT2D eigenvalue weighted by Gasteiger charge is -2.52. The van der Waals surface area contributed by atoms with Crippen LogP contribution in [0.5, 0.6) is 0 Å². The van der Waals surface area contributed by atoms with Crippen molar-refractivity contribution in [3.63, 3.8) is 0 Å². The topological polar surface area (TPSA) is 30.5 Å².